The minimum Gasteiger partial charge on any atom is -0.351 e. The molecule has 0 saturated heterocycles. The highest BCUT2D eigenvalue weighted by molar-refractivity contribution is 5.96. The lowest BCUT2D eigenvalue weighted by molar-refractivity contribution is 0.0941. The van der Waals surface area contributed by atoms with Gasteiger partial charge in [-0.3, -0.25) is 9.78 Å². The van der Waals surface area contributed by atoms with Crippen molar-refractivity contribution < 1.29 is 4.79 Å². The molecule has 1 aliphatic rings. The minimum absolute atomic E-state index is 0.00352. The van der Waals surface area contributed by atoms with Crippen molar-refractivity contribution in [1.29, 1.82) is 0 Å². The van der Waals surface area contributed by atoms with Gasteiger partial charge in [-0.15, -0.1) is 0 Å². The van der Waals surface area contributed by atoms with Gasteiger partial charge in [-0.05, 0) is 17.5 Å². The Morgan fingerprint density at radius 2 is 2.50 bits per heavy atom. The van der Waals surface area contributed by atoms with Crippen LogP contribution in [0, 0.1) is 0 Å². The Morgan fingerprint density at radius 3 is 3.25 bits per heavy atom. The number of hydrogen-bond donors (Lipinski definition) is 1. The second-order valence-corrected chi connectivity index (χ2v) is 3.07. The van der Waals surface area contributed by atoms with E-state index in [1.165, 1.54) is 0 Å². The van der Waals surface area contributed by atoms with Gasteiger partial charge in [0, 0.05) is 18.9 Å². The maximum Gasteiger partial charge on any atom is 0.253 e. The topological polar surface area (TPSA) is 42.0 Å². The Balaban J connectivity index is 2.55. The van der Waals surface area contributed by atoms with E-state index in [-0.39, 0.29) is 5.91 Å². The fraction of sp³-hybridized carbons (Fsp3) is 0.333. The van der Waals surface area contributed by atoms with Crippen LogP contribution in [-0.2, 0) is 0 Å². The molecule has 2 rings (SSSR count). The summed E-state index contributed by atoms with van der Waals surface area (Å²) in [6, 6.07) is 1.92. The molecule has 3 nitrogen and oxygen atoms in total. The van der Waals surface area contributed by atoms with Gasteiger partial charge < -0.3 is 5.32 Å². The molecule has 1 unspecified atom stereocenters. The molecule has 1 aromatic heterocycles. The fourth-order valence-electron chi connectivity index (χ4n) is 1.48. The summed E-state index contributed by atoms with van der Waals surface area (Å²) in [6.45, 7) is 2.83. The standard InChI is InChI=1S/C9H10N2O/c1-6-4-11-9(12)8-5-10-3-2-7(6)8/h2-3,5-6H,4H2,1H3,(H,11,12). The van der Waals surface area contributed by atoms with Crippen molar-refractivity contribution in [2.24, 2.45) is 0 Å². The average molecular weight is 162 g/mol. The van der Waals surface area contributed by atoms with Gasteiger partial charge in [-0.2, -0.15) is 0 Å². The Labute approximate surface area is 70.8 Å². The number of pyridine rings is 1. The number of carbonyl (C=O) groups excluding carboxylic acids is 1. The third kappa shape index (κ3) is 0.978. The molecule has 0 radical (unpaired) electrons. The first kappa shape index (κ1) is 7.28. The zero-order valence-corrected chi connectivity index (χ0v) is 6.87. The molecule has 12 heavy (non-hydrogen) atoms. The van der Waals surface area contributed by atoms with Crippen molar-refractivity contribution in [3.63, 3.8) is 0 Å². The van der Waals surface area contributed by atoms with E-state index in [0.717, 1.165) is 17.7 Å². The lowest BCUT2D eigenvalue weighted by atomic mass is 9.94. The number of rotatable bonds is 0. The number of hydrogen-bond acceptors (Lipinski definition) is 2. The third-order valence-electron chi connectivity index (χ3n) is 2.20. The second kappa shape index (κ2) is 2.59. The van der Waals surface area contributed by atoms with E-state index in [1.54, 1.807) is 12.4 Å². The molecule has 1 aromatic rings. The van der Waals surface area contributed by atoms with E-state index < -0.39 is 0 Å². The van der Waals surface area contributed by atoms with Crippen LogP contribution in [0.2, 0.25) is 0 Å². The van der Waals surface area contributed by atoms with Crippen molar-refractivity contribution in [1.82, 2.24) is 10.3 Å². The molecule has 62 valence electrons. The summed E-state index contributed by atoms with van der Waals surface area (Å²) in [7, 11) is 0. The van der Waals surface area contributed by atoms with Gasteiger partial charge in [0.05, 0.1) is 5.56 Å². The molecule has 1 aliphatic heterocycles. The first-order valence-electron chi connectivity index (χ1n) is 4.01. The normalized spacial score (nSPS) is 21.4. The summed E-state index contributed by atoms with van der Waals surface area (Å²) in [5, 5.41) is 2.81. The zero-order valence-electron chi connectivity index (χ0n) is 6.87. The van der Waals surface area contributed by atoms with Crippen LogP contribution in [0.25, 0.3) is 0 Å². The highest BCUT2D eigenvalue weighted by atomic mass is 16.1. The van der Waals surface area contributed by atoms with Crippen molar-refractivity contribution in [2.45, 2.75) is 12.8 Å². The van der Waals surface area contributed by atoms with E-state index in [0.29, 0.717) is 5.92 Å². The number of nitrogens with one attached hydrogen (secondary N) is 1. The summed E-state index contributed by atoms with van der Waals surface area (Å²) >= 11 is 0. The van der Waals surface area contributed by atoms with Gasteiger partial charge >= 0.3 is 0 Å². The van der Waals surface area contributed by atoms with Crippen LogP contribution >= 0.6 is 0 Å². The van der Waals surface area contributed by atoms with Crippen molar-refractivity contribution in [3.05, 3.63) is 29.6 Å². The number of amides is 1. The quantitative estimate of drug-likeness (QED) is 0.616. The molecular formula is C9H10N2O. The highest BCUT2D eigenvalue weighted by Gasteiger charge is 2.21. The van der Waals surface area contributed by atoms with Gasteiger partial charge in [-0.25, -0.2) is 0 Å². The van der Waals surface area contributed by atoms with E-state index in [1.807, 2.05) is 6.07 Å². The van der Waals surface area contributed by atoms with Crippen LogP contribution in [0.5, 0.6) is 0 Å². The Bertz CT molecular complexity index is 322. The van der Waals surface area contributed by atoms with Crippen molar-refractivity contribution >= 4 is 5.91 Å². The molecule has 0 spiro atoms. The molecule has 1 amide bonds. The summed E-state index contributed by atoms with van der Waals surface area (Å²) in [4.78, 5) is 15.2. The predicted octanol–water partition coefficient (Wildman–Crippen LogP) is 0.929. The van der Waals surface area contributed by atoms with Crippen LogP contribution in [0.4, 0.5) is 0 Å². The maximum absolute atomic E-state index is 11.3. The van der Waals surface area contributed by atoms with Crippen LogP contribution in [0.15, 0.2) is 18.5 Å². The smallest absolute Gasteiger partial charge is 0.253 e. The fourth-order valence-corrected chi connectivity index (χ4v) is 1.48. The van der Waals surface area contributed by atoms with E-state index in [2.05, 4.69) is 17.2 Å². The zero-order chi connectivity index (χ0) is 8.55. The second-order valence-electron chi connectivity index (χ2n) is 3.07. The van der Waals surface area contributed by atoms with Gasteiger partial charge in [-0.1, -0.05) is 6.92 Å². The first-order valence-corrected chi connectivity index (χ1v) is 4.01. The van der Waals surface area contributed by atoms with E-state index >= 15 is 0 Å². The Kier molecular flexibility index (Phi) is 1.57. The third-order valence-corrected chi connectivity index (χ3v) is 2.20. The van der Waals surface area contributed by atoms with Crippen molar-refractivity contribution in [3.8, 4) is 0 Å². The van der Waals surface area contributed by atoms with Crippen LogP contribution in [0.1, 0.15) is 28.8 Å². The minimum atomic E-state index is -0.00352. The number of nitrogens with zero attached hydrogens (tertiary/aromatic N) is 1. The first-order chi connectivity index (χ1) is 5.79. The van der Waals surface area contributed by atoms with E-state index in [9.17, 15) is 4.79 Å². The molecule has 0 saturated carbocycles. The summed E-state index contributed by atoms with van der Waals surface area (Å²) in [5.41, 5.74) is 1.82. The Hall–Kier alpha value is -1.38. The van der Waals surface area contributed by atoms with Gasteiger partial charge in [0.2, 0.25) is 0 Å². The van der Waals surface area contributed by atoms with Gasteiger partial charge in [0.1, 0.15) is 0 Å². The summed E-state index contributed by atoms with van der Waals surface area (Å²) < 4.78 is 0. The van der Waals surface area contributed by atoms with Gasteiger partial charge in [0.15, 0.2) is 0 Å². The number of carbonyl (C=O) groups is 1. The van der Waals surface area contributed by atoms with Gasteiger partial charge in [0.25, 0.3) is 5.91 Å². The predicted molar refractivity (Wildman–Crippen MR) is 45.0 cm³/mol. The van der Waals surface area contributed by atoms with E-state index in [4.69, 9.17) is 0 Å². The van der Waals surface area contributed by atoms with Crippen LogP contribution in [0.3, 0.4) is 0 Å². The molecule has 0 aliphatic carbocycles. The van der Waals surface area contributed by atoms with Crippen LogP contribution < -0.4 is 5.32 Å². The summed E-state index contributed by atoms with van der Waals surface area (Å²) in [5.74, 6) is 0.400. The van der Waals surface area contributed by atoms with Crippen molar-refractivity contribution in [2.75, 3.05) is 6.54 Å². The lowest BCUT2D eigenvalue weighted by Crippen LogP contribution is -2.33. The molecule has 0 bridgehead atoms. The van der Waals surface area contributed by atoms with Crippen LogP contribution in [-0.4, -0.2) is 17.4 Å². The molecule has 1 atom stereocenters. The SMILES string of the molecule is CC1CNC(=O)c2cnccc21. The molecule has 0 aromatic carbocycles. The number of fused-ring (bicyclic) bond motifs is 1. The molecule has 3 heteroatoms. The average Bonchev–Trinajstić information content (AvgIpc) is 2.12. The molecular weight excluding hydrogens is 152 g/mol. The molecule has 2 heterocycles. The highest BCUT2D eigenvalue weighted by Crippen LogP contribution is 2.21. The summed E-state index contributed by atoms with van der Waals surface area (Å²) in [6.07, 6.45) is 3.36. The molecule has 1 N–H and O–H groups in total. The molecule has 0 fully saturated rings. The lowest BCUT2D eigenvalue weighted by Gasteiger charge is -2.21. The monoisotopic (exact) mass is 162 g/mol. The Morgan fingerprint density at radius 1 is 1.67 bits per heavy atom. The number of aromatic nitrogens is 1. The maximum atomic E-state index is 11.3. The largest absolute Gasteiger partial charge is 0.351 e.